The van der Waals surface area contributed by atoms with E-state index in [1.807, 2.05) is 31.2 Å². The molecule has 0 saturated carbocycles. The largest absolute Gasteiger partial charge is 0.399 e. The van der Waals surface area contributed by atoms with E-state index in [0.29, 0.717) is 11.5 Å². The summed E-state index contributed by atoms with van der Waals surface area (Å²) in [6.45, 7) is 1.99. The van der Waals surface area contributed by atoms with Crippen molar-refractivity contribution in [1.29, 1.82) is 0 Å². The van der Waals surface area contributed by atoms with Crippen LogP contribution in [0.15, 0.2) is 42.5 Å². The molecule has 98 valence electrons. The fourth-order valence-electron chi connectivity index (χ4n) is 1.79. The van der Waals surface area contributed by atoms with Crippen molar-refractivity contribution < 1.29 is 4.79 Å². The van der Waals surface area contributed by atoms with Crippen molar-refractivity contribution in [2.45, 2.75) is 13.0 Å². The number of nitrogen functional groups attached to an aromatic ring is 1. The Balaban J connectivity index is 2.17. The molecule has 0 aliphatic carbocycles. The second kappa shape index (κ2) is 5.39. The Labute approximate surface area is 111 Å². The zero-order valence-electron chi connectivity index (χ0n) is 10.6. The lowest BCUT2D eigenvalue weighted by Crippen LogP contribution is -2.15. The minimum Gasteiger partial charge on any atom is -0.399 e. The van der Waals surface area contributed by atoms with Crippen molar-refractivity contribution in [2.24, 2.45) is 5.73 Å². The molecule has 2 aromatic rings. The van der Waals surface area contributed by atoms with Gasteiger partial charge in [0.1, 0.15) is 11.5 Å². The first-order chi connectivity index (χ1) is 9.06. The number of rotatable bonds is 4. The summed E-state index contributed by atoms with van der Waals surface area (Å²) in [5.41, 5.74) is 12.9. The fraction of sp³-hybridized carbons (Fsp3) is 0.143. The molecule has 2 rings (SSSR count). The van der Waals surface area contributed by atoms with Crippen molar-refractivity contribution in [3.63, 3.8) is 0 Å². The standard InChI is InChI=1S/C14H16N4O/c1-9(10-4-2-5-11(15)8-10)17-13-7-3-6-12(18-13)14(16)19/h2-9H,15H2,1H3,(H2,16,19)(H,17,18). The van der Waals surface area contributed by atoms with E-state index < -0.39 is 5.91 Å². The number of hydrogen-bond acceptors (Lipinski definition) is 4. The third kappa shape index (κ3) is 3.22. The average Bonchev–Trinajstić information content (AvgIpc) is 2.39. The van der Waals surface area contributed by atoms with E-state index in [-0.39, 0.29) is 11.7 Å². The molecule has 0 aliphatic heterocycles. The topological polar surface area (TPSA) is 94.0 Å². The summed E-state index contributed by atoms with van der Waals surface area (Å²) in [5, 5.41) is 3.21. The highest BCUT2D eigenvalue weighted by Gasteiger charge is 2.08. The maximum atomic E-state index is 11.1. The van der Waals surface area contributed by atoms with Gasteiger partial charge in [0.25, 0.3) is 5.91 Å². The summed E-state index contributed by atoms with van der Waals surface area (Å²) >= 11 is 0. The summed E-state index contributed by atoms with van der Waals surface area (Å²) in [4.78, 5) is 15.2. The molecule has 5 heteroatoms. The van der Waals surface area contributed by atoms with Gasteiger partial charge in [-0.15, -0.1) is 0 Å². The minimum atomic E-state index is -0.541. The normalized spacial score (nSPS) is 11.8. The molecule has 1 unspecified atom stereocenters. The van der Waals surface area contributed by atoms with Gasteiger partial charge < -0.3 is 16.8 Å². The molecule has 1 heterocycles. The van der Waals surface area contributed by atoms with Crippen LogP contribution < -0.4 is 16.8 Å². The molecule has 0 bridgehead atoms. The summed E-state index contributed by atoms with van der Waals surface area (Å²) in [7, 11) is 0. The van der Waals surface area contributed by atoms with E-state index in [1.165, 1.54) is 0 Å². The number of aromatic nitrogens is 1. The third-order valence-electron chi connectivity index (χ3n) is 2.78. The van der Waals surface area contributed by atoms with E-state index in [9.17, 15) is 4.79 Å². The predicted octanol–water partition coefficient (Wildman–Crippen LogP) is 1.94. The van der Waals surface area contributed by atoms with E-state index >= 15 is 0 Å². The molecule has 1 atom stereocenters. The number of hydrogen-bond donors (Lipinski definition) is 3. The minimum absolute atomic E-state index is 0.0270. The molecule has 1 aromatic carbocycles. The number of nitrogens with one attached hydrogen (secondary N) is 1. The van der Waals surface area contributed by atoms with Crippen molar-refractivity contribution in [3.05, 3.63) is 53.7 Å². The van der Waals surface area contributed by atoms with Crippen LogP contribution in [0.3, 0.4) is 0 Å². The number of nitrogens with zero attached hydrogens (tertiary/aromatic N) is 1. The van der Waals surface area contributed by atoms with Crippen LogP contribution in [0.1, 0.15) is 29.0 Å². The maximum absolute atomic E-state index is 11.1. The number of nitrogens with two attached hydrogens (primary N) is 2. The first-order valence-electron chi connectivity index (χ1n) is 5.95. The van der Waals surface area contributed by atoms with Gasteiger partial charge in [0.15, 0.2) is 0 Å². The van der Waals surface area contributed by atoms with Gasteiger partial charge in [-0.3, -0.25) is 4.79 Å². The van der Waals surface area contributed by atoms with Gasteiger partial charge in [-0.2, -0.15) is 0 Å². The Kier molecular flexibility index (Phi) is 3.66. The highest BCUT2D eigenvalue weighted by Crippen LogP contribution is 2.19. The van der Waals surface area contributed by atoms with Gasteiger partial charge in [0.2, 0.25) is 0 Å². The molecule has 1 aromatic heterocycles. The quantitative estimate of drug-likeness (QED) is 0.728. The Morgan fingerprint density at radius 3 is 2.68 bits per heavy atom. The fourth-order valence-corrected chi connectivity index (χ4v) is 1.79. The first-order valence-corrected chi connectivity index (χ1v) is 5.95. The van der Waals surface area contributed by atoms with Crippen molar-refractivity contribution >= 4 is 17.4 Å². The van der Waals surface area contributed by atoms with Gasteiger partial charge in [-0.1, -0.05) is 18.2 Å². The Morgan fingerprint density at radius 2 is 2.00 bits per heavy atom. The number of carbonyl (C=O) groups is 1. The molecular weight excluding hydrogens is 240 g/mol. The van der Waals surface area contributed by atoms with Crippen LogP contribution in [0.4, 0.5) is 11.5 Å². The lowest BCUT2D eigenvalue weighted by atomic mass is 10.1. The number of carbonyl (C=O) groups excluding carboxylic acids is 1. The molecule has 5 N–H and O–H groups in total. The Bertz CT molecular complexity index is 598. The molecule has 0 saturated heterocycles. The molecular formula is C14H16N4O. The summed E-state index contributed by atoms with van der Waals surface area (Å²) in [6.07, 6.45) is 0. The monoisotopic (exact) mass is 256 g/mol. The van der Waals surface area contributed by atoms with E-state index in [2.05, 4.69) is 10.3 Å². The predicted molar refractivity (Wildman–Crippen MR) is 75.6 cm³/mol. The van der Waals surface area contributed by atoms with Gasteiger partial charge in [-0.05, 0) is 36.8 Å². The van der Waals surface area contributed by atoms with Gasteiger partial charge in [0.05, 0.1) is 6.04 Å². The molecule has 5 nitrogen and oxygen atoms in total. The second-order valence-corrected chi connectivity index (χ2v) is 4.31. The van der Waals surface area contributed by atoms with Crippen LogP contribution in [0.5, 0.6) is 0 Å². The van der Waals surface area contributed by atoms with Crippen molar-refractivity contribution in [3.8, 4) is 0 Å². The van der Waals surface area contributed by atoms with E-state index in [0.717, 1.165) is 5.56 Å². The number of pyridine rings is 1. The van der Waals surface area contributed by atoms with Crippen LogP contribution in [0, 0.1) is 0 Å². The lowest BCUT2D eigenvalue weighted by Gasteiger charge is -2.15. The van der Waals surface area contributed by atoms with Crippen LogP contribution in [-0.4, -0.2) is 10.9 Å². The van der Waals surface area contributed by atoms with Crippen LogP contribution in [0.2, 0.25) is 0 Å². The van der Waals surface area contributed by atoms with Crippen LogP contribution in [-0.2, 0) is 0 Å². The zero-order valence-corrected chi connectivity index (χ0v) is 10.6. The smallest absolute Gasteiger partial charge is 0.267 e. The van der Waals surface area contributed by atoms with Gasteiger partial charge in [0, 0.05) is 5.69 Å². The molecule has 19 heavy (non-hydrogen) atoms. The zero-order chi connectivity index (χ0) is 13.8. The second-order valence-electron chi connectivity index (χ2n) is 4.31. The summed E-state index contributed by atoms with van der Waals surface area (Å²) in [6, 6.07) is 12.7. The van der Waals surface area contributed by atoms with E-state index in [1.54, 1.807) is 18.2 Å². The molecule has 0 aliphatic rings. The average molecular weight is 256 g/mol. The molecule has 0 radical (unpaired) electrons. The summed E-state index contributed by atoms with van der Waals surface area (Å²) < 4.78 is 0. The Morgan fingerprint density at radius 1 is 1.26 bits per heavy atom. The van der Waals surface area contributed by atoms with Crippen LogP contribution in [0.25, 0.3) is 0 Å². The highest BCUT2D eigenvalue weighted by atomic mass is 16.1. The maximum Gasteiger partial charge on any atom is 0.267 e. The lowest BCUT2D eigenvalue weighted by molar-refractivity contribution is 0.0995. The van der Waals surface area contributed by atoms with Crippen molar-refractivity contribution in [2.75, 3.05) is 11.1 Å². The number of benzene rings is 1. The molecule has 0 spiro atoms. The van der Waals surface area contributed by atoms with Crippen molar-refractivity contribution in [1.82, 2.24) is 4.98 Å². The summed E-state index contributed by atoms with van der Waals surface area (Å²) in [5.74, 6) is 0.0616. The molecule has 0 fully saturated rings. The first kappa shape index (κ1) is 12.9. The number of primary amides is 1. The number of anilines is 2. The highest BCUT2D eigenvalue weighted by molar-refractivity contribution is 5.91. The number of amides is 1. The van der Waals surface area contributed by atoms with Crippen LogP contribution >= 0.6 is 0 Å². The van der Waals surface area contributed by atoms with E-state index in [4.69, 9.17) is 11.5 Å². The Hall–Kier alpha value is -2.56. The SMILES string of the molecule is CC(Nc1cccc(C(N)=O)n1)c1cccc(N)c1. The van der Waals surface area contributed by atoms with Gasteiger partial charge >= 0.3 is 0 Å². The molecule has 1 amide bonds. The van der Waals surface area contributed by atoms with Gasteiger partial charge in [-0.25, -0.2) is 4.98 Å². The third-order valence-corrected chi connectivity index (χ3v) is 2.78.